The summed E-state index contributed by atoms with van der Waals surface area (Å²) >= 11 is 0. The maximum Gasteiger partial charge on any atom is 0.263 e. The van der Waals surface area contributed by atoms with Gasteiger partial charge in [0.2, 0.25) is 10.0 Å². The molecule has 1 aliphatic heterocycles. The molecular formula is C20H21N3O3S. The van der Waals surface area contributed by atoms with E-state index in [1.54, 1.807) is 12.1 Å². The molecule has 1 saturated heterocycles. The summed E-state index contributed by atoms with van der Waals surface area (Å²) in [6, 6.07) is 13.5. The van der Waals surface area contributed by atoms with E-state index in [1.165, 1.54) is 27.3 Å². The zero-order valence-electron chi connectivity index (χ0n) is 15.1. The second-order valence-corrected chi connectivity index (χ2v) is 8.96. The molecule has 140 valence electrons. The molecule has 2 heterocycles. The van der Waals surface area contributed by atoms with Crippen LogP contribution in [-0.2, 0) is 10.0 Å². The first-order chi connectivity index (χ1) is 13.0. The number of hydrogen-bond acceptors (Lipinski definition) is 4. The van der Waals surface area contributed by atoms with Gasteiger partial charge in [-0.1, -0.05) is 19.1 Å². The molecule has 0 amide bonds. The van der Waals surface area contributed by atoms with Gasteiger partial charge in [-0.15, -0.1) is 0 Å². The lowest BCUT2D eigenvalue weighted by atomic mass is 10.0. The Bertz CT molecular complexity index is 1080. The van der Waals surface area contributed by atoms with Crippen LogP contribution in [0.15, 0.2) is 59.8 Å². The predicted molar refractivity (Wildman–Crippen MR) is 103 cm³/mol. The quantitative estimate of drug-likeness (QED) is 0.696. The molecule has 2 aromatic carbocycles. The number of imidazole rings is 1. The number of piperidine rings is 1. The topological polar surface area (TPSA) is 72.3 Å². The minimum absolute atomic E-state index is 0.226. The van der Waals surface area contributed by atoms with Crippen molar-refractivity contribution >= 4 is 27.0 Å². The monoisotopic (exact) mass is 383 g/mol. The van der Waals surface area contributed by atoms with Crippen molar-refractivity contribution < 1.29 is 13.2 Å². The van der Waals surface area contributed by atoms with Crippen LogP contribution in [0.4, 0.5) is 0 Å². The van der Waals surface area contributed by atoms with Gasteiger partial charge in [-0.05, 0) is 55.2 Å². The summed E-state index contributed by atoms with van der Waals surface area (Å²) < 4.78 is 28.6. The minimum Gasteiger partial charge on any atom is -0.268 e. The zero-order chi connectivity index (χ0) is 19.0. The van der Waals surface area contributed by atoms with Crippen molar-refractivity contribution in [2.45, 2.75) is 24.7 Å². The lowest BCUT2D eigenvalue weighted by Crippen LogP contribution is -2.37. The van der Waals surface area contributed by atoms with Crippen LogP contribution in [0.3, 0.4) is 0 Å². The predicted octanol–water partition coefficient (Wildman–Crippen LogP) is 3.15. The Morgan fingerprint density at radius 2 is 1.70 bits per heavy atom. The summed E-state index contributed by atoms with van der Waals surface area (Å²) in [7, 11) is -3.51. The first kappa shape index (κ1) is 17.9. The molecule has 1 aliphatic rings. The number of aromatic nitrogens is 2. The van der Waals surface area contributed by atoms with E-state index in [-0.39, 0.29) is 10.8 Å². The third-order valence-electron chi connectivity index (χ3n) is 5.15. The summed E-state index contributed by atoms with van der Waals surface area (Å²) in [5.74, 6) is 0.320. The highest BCUT2D eigenvalue weighted by Gasteiger charge is 2.28. The van der Waals surface area contributed by atoms with Crippen LogP contribution in [0.2, 0.25) is 0 Å². The van der Waals surface area contributed by atoms with Crippen LogP contribution in [0.25, 0.3) is 11.0 Å². The van der Waals surface area contributed by atoms with Crippen LogP contribution in [0.5, 0.6) is 0 Å². The molecule has 4 rings (SSSR count). The molecule has 1 fully saturated rings. The van der Waals surface area contributed by atoms with Crippen molar-refractivity contribution in [1.29, 1.82) is 0 Å². The lowest BCUT2D eigenvalue weighted by Gasteiger charge is -2.29. The van der Waals surface area contributed by atoms with Crippen molar-refractivity contribution in [2.75, 3.05) is 13.1 Å². The number of sulfonamides is 1. The molecule has 7 heteroatoms. The Morgan fingerprint density at radius 1 is 1.04 bits per heavy atom. The van der Waals surface area contributed by atoms with Crippen molar-refractivity contribution in [3.05, 3.63) is 60.4 Å². The molecule has 0 atom stereocenters. The van der Waals surface area contributed by atoms with E-state index in [1.807, 2.05) is 24.3 Å². The molecule has 0 saturated carbocycles. The Labute approximate surface area is 158 Å². The minimum atomic E-state index is -3.51. The maximum atomic E-state index is 12.8. The van der Waals surface area contributed by atoms with Gasteiger partial charge in [0.1, 0.15) is 6.33 Å². The van der Waals surface area contributed by atoms with E-state index >= 15 is 0 Å². The van der Waals surface area contributed by atoms with Crippen molar-refractivity contribution in [2.24, 2.45) is 5.92 Å². The summed E-state index contributed by atoms with van der Waals surface area (Å²) in [6.07, 6.45) is 3.25. The average molecular weight is 383 g/mol. The Kier molecular flexibility index (Phi) is 4.57. The third-order valence-corrected chi connectivity index (χ3v) is 7.07. The van der Waals surface area contributed by atoms with Crippen molar-refractivity contribution in [3.8, 4) is 0 Å². The van der Waals surface area contributed by atoms with E-state index in [9.17, 15) is 13.2 Å². The number of carbonyl (C=O) groups is 1. The van der Waals surface area contributed by atoms with E-state index in [0.29, 0.717) is 24.6 Å². The summed E-state index contributed by atoms with van der Waals surface area (Å²) in [5.41, 5.74) is 1.88. The Balaban J connectivity index is 1.59. The fraction of sp³-hybridized carbons (Fsp3) is 0.300. The van der Waals surface area contributed by atoms with Crippen molar-refractivity contribution in [3.63, 3.8) is 0 Å². The molecule has 6 nitrogen and oxygen atoms in total. The first-order valence-corrected chi connectivity index (χ1v) is 10.5. The molecule has 3 aromatic rings. The Hall–Kier alpha value is -2.51. The summed E-state index contributed by atoms with van der Waals surface area (Å²) in [6.45, 7) is 3.24. The van der Waals surface area contributed by atoms with Gasteiger partial charge in [-0.3, -0.25) is 9.36 Å². The van der Waals surface area contributed by atoms with Crippen molar-refractivity contribution in [1.82, 2.24) is 13.9 Å². The smallest absolute Gasteiger partial charge is 0.263 e. The van der Waals surface area contributed by atoms with Crippen LogP contribution in [0, 0.1) is 5.92 Å². The van der Waals surface area contributed by atoms with Gasteiger partial charge in [0.25, 0.3) is 5.91 Å². The van der Waals surface area contributed by atoms with Gasteiger partial charge in [0.05, 0.1) is 15.9 Å². The summed E-state index contributed by atoms with van der Waals surface area (Å²) in [5, 5.41) is 0. The molecule has 27 heavy (non-hydrogen) atoms. The number of benzene rings is 2. The van der Waals surface area contributed by atoms with Gasteiger partial charge in [0, 0.05) is 18.7 Å². The number of hydrogen-bond donors (Lipinski definition) is 0. The second kappa shape index (κ2) is 6.90. The van der Waals surface area contributed by atoms with Gasteiger partial charge in [-0.25, -0.2) is 13.4 Å². The highest BCUT2D eigenvalue weighted by molar-refractivity contribution is 7.89. The van der Waals surface area contributed by atoms with E-state index < -0.39 is 10.0 Å². The zero-order valence-corrected chi connectivity index (χ0v) is 15.9. The molecule has 1 aromatic heterocycles. The maximum absolute atomic E-state index is 12.8. The fourth-order valence-electron chi connectivity index (χ4n) is 3.40. The Morgan fingerprint density at radius 3 is 2.41 bits per heavy atom. The van der Waals surface area contributed by atoms with Gasteiger partial charge in [0.15, 0.2) is 0 Å². The average Bonchev–Trinajstić information content (AvgIpc) is 3.12. The number of fused-ring (bicyclic) bond motifs is 1. The summed E-state index contributed by atoms with van der Waals surface area (Å²) in [4.78, 5) is 17.2. The second-order valence-electron chi connectivity index (χ2n) is 7.02. The van der Waals surface area contributed by atoms with Crippen LogP contribution in [-0.4, -0.2) is 41.3 Å². The molecule has 0 N–H and O–H groups in total. The lowest BCUT2D eigenvalue weighted by molar-refractivity contribution is 0.0964. The van der Waals surface area contributed by atoms with Crippen LogP contribution < -0.4 is 0 Å². The molecule has 0 unspecified atom stereocenters. The van der Waals surface area contributed by atoms with Gasteiger partial charge < -0.3 is 0 Å². The van der Waals surface area contributed by atoms with Crippen LogP contribution in [0.1, 0.15) is 30.1 Å². The number of nitrogens with zero attached hydrogens (tertiary/aromatic N) is 3. The number of para-hydroxylation sites is 2. The highest BCUT2D eigenvalue weighted by Crippen LogP contribution is 2.24. The van der Waals surface area contributed by atoms with E-state index in [2.05, 4.69) is 11.9 Å². The normalized spacial score (nSPS) is 16.6. The number of rotatable bonds is 3. The first-order valence-electron chi connectivity index (χ1n) is 9.04. The van der Waals surface area contributed by atoms with E-state index in [0.717, 1.165) is 23.9 Å². The molecular weight excluding hydrogens is 362 g/mol. The molecule has 0 bridgehead atoms. The highest BCUT2D eigenvalue weighted by atomic mass is 32.2. The SMILES string of the molecule is CC1CCN(S(=O)(=O)c2ccc(C(=O)n3cnc4ccccc43)cc2)CC1. The molecule has 0 spiro atoms. The van der Waals surface area contributed by atoms with Crippen LogP contribution >= 0.6 is 0 Å². The largest absolute Gasteiger partial charge is 0.268 e. The fourth-order valence-corrected chi connectivity index (χ4v) is 4.87. The molecule has 0 radical (unpaired) electrons. The van der Waals surface area contributed by atoms with E-state index in [4.69, 9.17) is 0 Å². The number of carbonyl (C=O) groups excluding carboxylic acids is 1. The van der Waals surface area contributed by atoms with Gasteiger partial charge >= 0.3 is 0 Å². The van der Waals surface area contributed by atoms with Gasteiger partial charge in [-0.2, -0.15) is 4.31 Å². The third kappa shape index (κ3) is 3.28. The standard InChI is InChI=1S/C20H21N3O3S/c1-15-10-12-22(13-11-15)27(25,26)17-8-6-16(7-9-17)20(24)23-14-21-18-4-2-3-5-19(18)23/h2-9,14-15H,10-13H2,1H3. The molecule has 0 aliphatic carbocycles.